The topological polar surface area (TPSA) is 42.7 Å². The second-order valence-electron chi connectivity index (χ2n) is 5.25. The summed E-state index contributed by atoms with van der Waals surface area (Å²) in [5.41, 5.74) is 0.572. The van der Waals surface area contributed by atoms with Crippen molar-refractivity contribution in [3.8, 4) is 5.75 Å². The first kappa shape index (κ1) is 16.3. The maximum absolute atomic E-state index is 13.1. The lowest BCUT2D eigenvalue weighted by atomic mass is 10.1. The third kappa shape index (κ3) is 3.86. The summed E-state index contributed by atoms with van der Waals surface area (Å²) in [6.45, 7) is 3.39. The maximum Gasteiger partial charge on any atom is 0.258 e. The number of para-hydroxylation sites is 1. The molecule has 0 saturated heterocycles. The van der Waals surface area contributed by atoms with Gasteiger partial charge in [-0.05, 0) is 42.6 Å². The Morgan fingerprint density at radius 3 is 2.71 bits per heavy atom. The van der Waals surface area contributed by atoms with Crippen LogP contribution in [0.25, 0.3) is 0 Å². The third-order valence-electron chi connectivity index (χ3n) is 3.56. The van der Waals surface area contributed by atoms with Gasteiger partial charge in [-0.15, -0.1) is 11.3 Å². The Balaban J connectivity index is 1.87. The molecule has 3 rings (SSSR count). The number of benzene rings is 1. The van der Waals surface area contributed by atoms with Crippen molar-refractivity contribution in [1.82, 2.24) is 4.90 Å². The Hall–Kier alpha value is -2.53. The summed E-state index contributed by atoms with van der Waals surface area (Å²) in [5.74, 6) is 1.30. The Morgan fingerprint density at radius 1 is 1.12 bits per heavy atom. The Kier molecular flexibility index (Phi) is 5.33. The number of furan rings is 1. The summed E-state index contributed by atoms with van der Waals surface area (Å²) in [5, 5.41) is 2.01. The Morgan fingerprint density at radius 2 is 2.00 bits per heavy atom. The van der Waals surface area contributed by atoms with Crippen LogP contribution in [0.3, 0.4) is 0 Å². The van der Waals surface area contributed by atoms with E-state index in [-0.39, 0.29) is 5.91 Å². The van der Waals surface area contributed by atoms with Gasteiger partial charge in [0.2, 0.25) is 0 Å². The minimum Gasteiger partial charge on any atom is -0.493 e. The van der Waals surface area contributed by atoms with Crippen molar-refractivity contribution in [2.45, 2.75) is 20.0 Å². The Labute approximate surface area is 145 Å². The molecule has 0 saturated carbocycles. The van der Waals surface area contributed by atoms with E-state index in [1.807, 2.05) is 54.8 Å². The molecule has 0 fully saturated rings. The highest BCUT2D eigenvalue weighted by Crippen LogP contribution is 2.23. The average molecular weight is 341 g/mol. The van der Waals surface area contributed by atoms with Crippen molar-refractivity contribution in [2.24, 2.45) is 0 Å². The van der Waals surface area contributed by atoms with Crippen LogP contribution >= 0.6 is 11.3 Å². The molecule has 0 aliphatic heterocycles. The number of carbonyl (C=O) groups excluding carboxylic acids is 1. The summed E-state index contributed by atoms with van der Waals surface area (Å²) < 4.78 is 11.0. The molecule has 1 amide bonds. The van der Waals surface area contributed by atoms with E-state index in [1.54, 1.807) is 28.6 Å². The zero-order valence-electron chi connectivity index (χ0n) is 13.5. The van der Waals surface area contributed by atoms with E-state index in [2.05, 4.69) is 0 Å². The number of carbonyl (C=O) groups is 1. The molecule has 0 atom stereocenters. The lowest BCUT2D eigenvalue weighted by Crippen LogP contribution is -2.30. The summed E-state index contributed by atoms with van der Waals surface area (Å²) in [6, 6.07) is 15.1. The maximum atomic E-state index is 13.1. The molecule has 0 spiro atoms. The van der Waals surface area contributed by atoms with Crippen molar-refractivity contribution >= 4 is 17.2 Å². The van der Waals surface area contributed by atoms with E-state index in [0.717, 1.165) is 10.6 Å². The highest BCUT2D eigenvalue weighted by Gasteiger charge is 2.21. The van der Waals surface area contributed by atoms with Crippen LogP contribution in [0.4, 0.5) is 0 Å². The fourth-order valence-corrected chi connectivity index (χ4v) is 3.20. The van der Waals surface area contributed by atoms with E-state index >= 15 is 0 Å². The first-order chi connectivity index (χ1) is 11.8. The van der Waals surface area contributed by atoms with Crippen LogP contribution in [0.5, 0.6) is 5.75 Å². The van der Waals surface area contributed by atoms with Gasteiger partial charge in [0.05, 0.1) is 31.5 Å². The molecular formula is C19H19NO3S. The van der Waals surface area contributed by atoms with E-state index in [4.69, 9.17) is 9.15 Å². The predicted octanol–water partition coefficient (Wildman–Crippen LogP) is 4.58. The van der Waals surface area contributed by atoms with Crippen molar-refractivity contribution in [1.29, 1.82) is 0 Å². The van der Waals surface area contributed by atoms with Crippen molar-refractivity contribution < 1.29 is 13.9 Å². The number of thiophene rings is 1. The molecule has 3 aromatic rings. The van der Waals surface area contributed by atoms with Gasteiger partial charge in [-0.1, -0.05) is 18.2 Å². The van der Waals surface area contributed by atoms with Crippen LogP contribution in [0, 0.1) is 0 Å². The number of nitrogens with zero attached hydrogens (tertiary/aromatic N) is 1. The molecule has 0 unspecified atom stereocenters. The molecule has 2 heterocycles. The van der Waals surface area contributed by atoms with E-state index in [1.165, 1.54) is 0 Å². The second-order valence-corrected chi connectivity index (χ2v) is 6.28. The molecule has 5 heteroatoms. The van der Waals surface area contributed by atoms with Gasteiger partial charge in [-0.25, -0.2) is 0 Å². The molecule has 124 valence electrons. The zero-order valence-corrected chi connectivity index (χ0v) is 14.3. The first-order valence-electron chi connectivity index (χ1n) is 7.83. The van der Waals surface area contributed by atoms with Crippen LogP contribution in [-0.4, -0.2) is 17.4 Å². The highest BCUT2D eigenvalue weighted by atomic mass is 32.1. The first-order valence-corrected chi connectivity index (χ1v) is 8.71. The van der Waals surface area contributed by atoms with E-state index in [0.29, 0.717) is 31.0 Å². The lowest BCUT2D eigenvalue weighted by Gasteiger charge is -2.22. The molecule has 0 aliphatic carbocycles. The predicted molar refractivity (Wildman–Crippen MR) is 94.2 cm³/mol. The number of rotatable bonds is 7. The van der Waals surface area contributed by atoms with Crippen molar-refractivity contribution in [2.75, 3.05) is 6.61 Å². The van der Waals surface area contributed by atoms with Gasteiger partial charge in [-0.3, -0.25) is 4.79 Å². The molecule has 1 aromatic carbocycles. The van der Waals surface area contributed by atoms with Crippen LogP contribution in [-0.2, 0) is 13.1 Å². The molecule has 24 heavy (non-hydrogen) atoms. The van der Waals surface area contributed by atoms with Gasteiger partial charge in [0.25, 0.3) is 5.91 Å². The minimum absolute atomic E-state index is 0.0659. The standard InChI is InChI=1S/C19H19NO3S/c1-2-22-18-10-4-3-9-17(18)19(21)20(13-15-7-5-11-23-15)14-16-8-6-12-24-16/h3-12H,2,13-14H2,1H3. The second kappa shape index (κ2) is 7.84. The number of hydrogen-bond acceptors (Lipinski definition) is 4. The highest BCUT2D eigenvalue weighted by molar-refractivity contribution is 7.09. The molecule has 0 aliphatic rings. The fraction of sp³-hybridized carbons (Fsp3) is 0.211. The number of hydrogen-bond donors (Lipinski definition) is 0. The zero-order chi connectivity index (χ0) is 16.8. The van der Waals surface area contributed by atoms with E-state index < -0.39 is 0 Å². The molecular weight excluding hydrogens is 322 g/mol. The lowest BCUT2D eigenvalue weighted by molar-refractivity contribution is 0.0715. The van der Waals surface area contributed by atoms with Gasteiger partial charge in [0.15, 0.2) is 0 Å². The third-order valence-corrected chi connectivity index (χ3v) is 4.42. The smallest absolute Gasteiger partial charge is 0.258 e. The van der Waals surface area contributed by atoms with Crippen molar-refractivity contribution in [3.63, 3.8) is 0 Å². The quantitative estimate of drug-likeness (QED) is 0.631. The monoisotopic (exact) mass is 341 g/mol. The Bertz CT molecular complexity index is 730. The summed E-state index contributed by atoms with van der Waals surface area (Å²) >= 11 is 1.64. The average Bonchev–Trinajstić information content (AvgIpc) is 3.28. The van der Waals surface area contributed by atoms with Gasteiger partial charge >= 0.3 is 0 Å². The minimum atomic E-state index is -0.0659. The van der Waals surface area contributed by atoms with Crippen LogP contribution in [0.1, 0.15) is 27.9 Å². The molecule has 0 N–H and O–H groups in total. The largest absolute Gasteiger partial charge is 0.493 e. The van der Waals surface area contributed by atoms with Crippen molar-refractivity contribution in [3.05, 3.63) is 76.4 Å². The molecule has 4 nitrogen and oxygen atoms in total. The SMILES string of the molecule is CCOc1ccccc1C(=O)N(Cc1ccco1)Cc1cccs1. The van der Waals surface area contributed by atoms with Gasteiger partial charge in [-0.2, -0.15) is 0 Å². The van der Waals surface area contributed by atoms with E-state index in [9.17, 15) is 4.79 Å². The molecule has 2 aromatic heterocycles. The number of ether oxygens (including phenoxy) is 1. The van der Waals surface area contributed by atoms with Gasteiger partial charge in [0, 0.05) is 4.88 Å². The summed E-state index contributed by atoms with van der Waals surface area (Å²) in [4.78, 5) is 16.0. The summed E-state index contributed by atoms with van der Waals surface area (Å²) in [7, 11) is 0. The summed E-state index contributed by atoms with van der Waals surface area (Å²) in [6.07, 6.45) is 1.62. The van der Waals surface area contributed by atoms with Crippen LogP contribution < -0.4 is 4.74 Å². The van der Waals surface area contributed by atoms with Gasteiger partial charge < -0.3 is 14.1 Å². The van der Waals surface area contributed by atoms with Gasteiger partial charge in [0.1, 0.15) is 11.5 Å². The van der Waals surface area contributed by atoms with Crippen LogP contribution in [0.15, 0.2) is 64.6 Å². The van der Waals surface area contributed by atoms with Crippen LogP contribution in [0.2, 0.25) is 0 Å². The molecule has 0 radical (unpaired) electrons. The molecule has 0 bridgehead atoms. The number of amides is 1. The fourth-order valence-electron chi connectivity index (χ4n) is 2.48. The normalized spacial score (nSPS) is 10.5.